The maximum atomic E-state index is 14.2. The van der Waals surface area contributed by atoms with Gasteiger partial charge in [-0.1, -0.05) is 24.6 Å². The Morgan fingerprint density at radius 2 is 1.79 bits per heavy atom. The Morgan fingerprint density at radius 3 is 2.45 bits per heavy atom. The van der Waals surface area contributed by atoms with E-state index in [9.17, 15) is 18.4 Å². The fourth-order valence-corrected chi connectivity index (χ4v) is 5.91. The molecule has 6 nitrogen and oxygen atoms in total. The molecule has 0 unspecified atom stereocenters. The first-order valence-electron chi connectivity index (χ1n) is 13.5. The number of ether oxygens (including phenoxy) is 1. The summed E-state index contributed by atoms with van der Waals surface area (Å²) in [6.07, 6.45) is 6.19. The number of hydrogen-bond acceptors (Lipinski definition) is 4. The zero-order valence-corrected chi connectivity index (χ0v) is 22.4. The van der Waals surface area contributed by atoms with Crippen LogP contribution in [0.2, 0.25) is 5.02 Å². The topological polar surface area (TPSA) is 62.7 Å². The van der Waals surface area contributed by atoms with Crippen LogP contribution in [0.1, 0.15) is 56.9 Å². The first kappa shape index (κ1) is 26.9. The minimum absolute atomic E-state index is 0.0994. The van der Waals surface area contributed by atoms with Crippen molar-refractivity contribution in [1.82, 2.24) is 14.8 Å². The van der Waals surface area contributed by atoms with Gasteiger partial charge < -0.3 is 14.5 Å². The number of rotatable bonds is 7. The molecule has 3 aliphatic rings. The summed E-state index contributed by atoms with van der Waals surface area (Å²) in [6, 6.07) is 7.45. The fraction of sp³-hybridized carbons (Fsp3) is 0.552. The van der Waals surface area contributed by atoms with E-state index in [1.54, 1.807) is 18.2 Å². The van der Waals surface area contributed by atoms with E-state index in [0.717, 1.165) is 25.3 Å². The second-order valence-corrected chi connectivity index (χ2v) is 11.6. The standard InChI is InChI=1S/C29H34ClF2N3O3/c1-29(10-11-29)28(37)34-12-7-20(8-13-34)27(36)35-14-6-19(9-15-38-26-5-3-22(30)17-33-26)23(18-35)21-2-4-24(31)25(32)16-21/h2-5,16-17,19-20,23H,6-15,18H2,1H3/t19-,23-/m0/s1. The number of pyridine rings is 1. The van der Waals surface area contributed by atoms with Gasteiger partial charge in [0.1, 0.15) is 0 Å². The predicted molar refractivity (Wildman–Crippen MR) is 140 cm³/mol. The molecule has 2 saturated heterocycles. The Morgan fingerprint density at radius 1 is 1.05 bits per heavy atom. The van der Waals surface area contributed by atoms with E-state index in [0.29, 0.717) is 68.5 Å². The molecule has 38 heavy (non-hydrogen) atoms. The molecule has 9 heteroatoms. The predicted octanol–water partition coefficient (Wildman–Crippen LogP) is 5.45. The molecule has 2 aromatic rings. The molecule has 0 radical (unpaired) electrons. The minimum Gasteiger partial charge on any atom is -0.478 e. The summed E-state index contributed by atoms with van der Waals surface area (Å²) < 4.78 is 33.7. The molecule has 1 saturated carbocycles. The Labute approximate surface area is 227 Å². The molecular weight excluding hydrogens is 512 g/mol. The van der Waals surface area contributed by atoms with Crippen molar-refractivity contribution in [1.29, 1.82) is 0 Å². The maximum Gasteiger partial charge on any atom is 0.228 e. The summed E-state index contributed by atoms with van der Waals surface area (Å²) >= 11 is 5.89. The summed E-state index contributed by atoms with van der Waals surface area (Å²) in [5.74, 6) is -1.09. The number of carbonyl (C=O) groups is 2. The third kappa shape index (κ3) is 5.95. The summed E-state index contributed by atoms with van der Waals surface area (Å²) in [4.78, 5) is 34.2. The maximum absolute atomic E-state index is 14.2. The van der Waals surface area contributed by atoms with Crippen molar-refractivity contribution in [3.63, 3.8) is 0 Å². The molecule has 204 valence electrons. The van der Waals surface area contributed by atoms with Gasteiger partial charge in [-0.25, -0.2) is 13.8 Å². The molecule has 2 amide bonds. The van der Waals surface area contributed by atoms with Gasteiger partial charge in [0.15, 0.2) is 11.6 Å². The Balaban J connectivity index is 1.22. The average Bonchev–Trinajstić information content (AvgIpc) is 3.69. The fourth-order valence-electron chi connectivity index (χ4n) is 5.80. The highest BCUT2D eigenvalue weighted by atomic mass is 35.5. The van der Waals surface area contributed by atoms with Gasteiger partial charge in [0.25, 0.3) is 0 Å². The lowest BCUT2D eigenvalue weighted by molar-refractivity contribution is -0.144. The van der Waals surface area contributed by atoms with Gasteiger partial charge in [-0.15, -0.1) is 0 Å². The van der Waals surface area contributed by atoms with E-state index in [1.165, 1.54) is 12.3 Å². The normalized spacial score (nSPS) is 23.3. The van der Waals surface area contributed by atoms with Crippen LogP contribution in [-0.4, -0.2) is 59.4 Å². The summed E-state index contributed by atoms with van der Waals surface area (Å²) in [7, 11) is 0. The van der Waals surface area contributed by atoms with E-state index in [4.69, 9.17) is 16.3 Å². The zero-order chi connectivity index (χ0) is 26.9. The molecule has 0 N–H and O–H groups in total. The number of benzene rings is 1. The van der Waals surface area contributed by atoms with E-state index in [-0.39, 0.29) is 35.0 Å². The molecule has 1 aromatic carbocycles. The van der Waals surface area contributed by atoms with E-state index in [2.05, 4.69) is 4.98 Å². The molecule has 0 spiro atoms. The van der Waals surface area contributed by atoms with Crippen molar-refractivity contribution in [2.24, 2.45) is 17.3 Å². The number of amides is 2. The zero-order valence-electron chi connectivity index (χ0n) is 21.7. The quantitative estimate of drug-likeness (QED) is 0.464. The summed E-state index contributed by atoms with van der Waals surface area (Å²) in [5, 5.41) is 0.530. The van der Waals surface area contributed by atoms with Gasteiger partial charge in [-0.05, 0) is 68.2 Å². The first-order chi connectivity index (χ1) is 18.2. The number of halogens is 3. The van der Waals surface area contributed by atoms with Crippen molar-refractivity contribution in [2.75, 3.05) is 32.8 Å². The van der Waals surface area contributed by atoms with Gasteiger partial charge in [0.2, 0.25) is 17.7 Å². The van der Waals surface area contributed by atoms with Crippen molar-refractivity contribution < 1.29 is 23.1 Å². The number of nitrogens with zero attached hydrogens (tertiary/aromatic N) is 3. The van der Waals surface area contributed by atoms with Gasteiger partial charge in [-0.3, -0.25) is 9.59 Å². The van der Waals surface area contributed by atoms with Crippen molar-refractivity contribution in [3.05, 3.63) is 58.7 Å². The van der Waals surface area contributed by atoms with Crippen LogP contribution in [0.3, 0.4) is 0 Å². The van der Waals surface area contributed by atoms with Crippen LogP contribution in [0.5, 0.6) is 5.88 Å². The lowest BCUT2D eigenvalue weighted by Gasteiger charge is -2.41. The highest BCUT2D eigenvalue weighted by Crippen LogP contribution is 2.47. The second kappa shape index (κ2) is 11.2. The monoisotopic (exact) mass is 545 g/mol. The number of hydrogen-bond donors (Lipinski definition) is 0. The minimum atomic E-state index is -0.882. The largest absolute Gasteiger partial charge is 0.478 e. The summed E-state index contributed by atoms with van der Waals surface area (Å²) in [6.45, 7) is 4.73. The Kier molecular flexibility index (Phi) is 7.89. The van der Waals surface area contributed by atoms with Crippen LogP contribution < -0.4 is 4.74 Å². The average molecular weight is 546 g/mol. The molecular formula is C29H34ClF2N3O3. The third-order valence-electron chi connectivity index (χ3n) is 8.53. The molecule has 5 rings (SSSR count). The molecule has 1 aromatic heterocycles. The second-order valence-electron chi connectivity index (χ2n) is 11.2. The lowest BCUT2D eigenvalue weighted by Crippen LogP contribution is -2.49. The van der Waals surface area contributed by atoms with Crippen LogP contribution in [-0.2, 0) is 9.59 Å². The van der Waals surface area contributed by atoms with Gasteiger partial charge in [0, 0.05) is 55.7 Å². The van der Waals surface area contributed by atoms with Crippen LogP contribution in [0.25, 0.3) is 0 Å². The van der Waals surface area contributed by atoms with Crippen molar-refractivity contribution >= 4 is 23.4 Å². The first-order valence-corrected chi connectivity index (χ1v) is 13.9. The molecule has 3 heterocycles. The molecule has 0 bridgehead atoms. The number of aromatic nitrogens is 1. The molecule has 2 aliphatic heterocycles. The number of carbonyl (C=O) groups excluding carboxylic acids is 2. The van der Waals surface area contributed by atoms with Gasteiger partial charge in [0.05, 0.1) is 11.6 Å². The molecule has 3 fully saturated rings. The SMILES string of the molecule is CC1(C(=O)N2CCC(C(=O)N3CC[C@@H](CCOc4ccc(Cl)cn4)[C@@H](c4ccc(F)c(F)c4)C3)CC2)CC1. The lowest BCUT2D eigenvalue weighted by atomic mass is 9.78. The van der Waals surface area contributed by atoms with Crippen molar-refractivity contribution in [2.45, 2.75) is 51.4 Å². The van der Waals surface area contributed by atoms with Crippen molar-refractivity contribution in [3.8, 4) is 5.88 Å². The summed E-state index contributed by atoms with van der Waals surface area (Å²) in [5.41, 5.74) is 0.498. The molecule has 2 atom stereocenters. The van der Waals surface area contributed by atoms with Crippen LogP contribution in [0, 0.1) is 28.9 Å². The van der Waals surface area contributed by atoms with Crippen LogP contribution in [0.15, 0.2) is 36.5 Å². The number of piperidine rings is 2. The van der Waals surface area contributed by atoms with E-state index in [1.807, 2.05) is 16.7 Å². The highest BCUT2D eigenvalue weighted by molar-refractivity contribution is 6.30. The van der Waals surface area contributed by atoms with E-state index < -0.39 is 11.6 Å². The Hall–Kier alpha value is -2.74. The number of likely N-dealkylation sites (tertiary alicyclic amines) is 2. The highest BCUT2D eigenvalue weighted by Gasteiger charge is 2.48. The van der Waals surface area contributed by atoms with E-state index >= 15 is 0 Å². The van der Waals surface area contributed by atoms with Gasteiger partial charge >= 0.3 is 0 Å². The third-order valence-corrected chi connectivity index (χ3v) is 8.75. The smallest absolute Gasteiger partial charge is 0.228 e. The van der Waals surface area contributed by atoms with Crippen LogP contribution >= 0.6 is 11.6 Å². The molecule has 1 aliphatic carbocycles. The Bertz CT molecular complexity index is 1170. The van der Waals surface area contributed by atoms with Gasteiger partial charge in [-0.2, -0.15) is 0 Å². The van der Waals surface area contributed by atoms with Crippen LogP contribution in [0.4, 0.5) is 8.78 Å².